The Morgan fingerprint density at radius 2 is 1.69 bits per heavy atom. The smallest absolute Gasteiger partial charge is 0.338 e. The van der Waals surface area contributed by atoms with Gasteiger partial charge in [-0.25, -0.2) is 9.78 Å². The van der Waals surface area contributed by atoms with Crippen LogP contribution in [-0.4, -0.2) is 27.8 Å². The van der Waals surface area contributed by atoms with E-state index in [-0.39, 0.29) is 5.97 Å². The van der Waals surface area contributed by atoms with Crippen molar-refractivity contribution in [3.63, 3.8) is 0 Å². The second kappa shape index (κ2) is 7.75. The highest BCUT2D eigenvalue weighted by molar-refractivity contribution is 6.03. The number of para-hydroxylation sites is 1. The van der Waals surface area contributed by atoms with Gasteiger partial charge in [0.1, 0.15) is 11.5 Å². The van der Waals surface area contributed by atoms with Gasteiger partial charge in [0.2, 0.25) is 0 Å². The van der Waals surface area contributed by atoms with E-state index in [1.807, 2.05) is 73.1 Å². The van der Waals surface area contributed by atoms with E-state index in [9.17, 15) is 4.79 Å². The van der Waals surface area contributed by atoms with Crippen molar-refractivity contribution in [2.24, 2.45) is 0 Å². The van der Waals surface area contributed by atoms with Gasteiger partial charge in [0.15, 0.2) is 5.65 Å². The molecule has 0 aliphatic carbocycles. The number of hydrogen-bond acceptors (Lipinski definition) is 5. The van der Waals surface area contributed by atoms with Crippen LogP contribution in [-0.2, 0) is 11.3 Å². The Morgan fingerprint density at radius 3 is 2.38 bits per heavy atom. The minimum Gasteiger partial charge on any atom is -0.465 e. The van der Waals surface area contributed by atoms with Crippen molar-refractivity contribution in [2.45, 2.75) is 20.4 Å². The number of aryl methyl sites for hydroxylation is 2. The van der Waals surface area contributed by atoms with Gasteiger partial charge < -0.3 is 9.47 Å². The lowest BCUT2D eigenvalue weighted by molar-refractivity contribution is 0.0602. The van der Waals surface area contributed by atoms with Gasteiger partial charge in [0.25, 0.3) is 0 Å². The number of nitrogens with zero attached hydrogens (tertiary/aromatic N) is 3. The zero-order valence-electron chi connectivity index (χ0n) is 16.5. The first-order valence-corrected chi connectivity index (χ1v) is 9.30. The molecule has 0 N–H and O–H groups in total. The minimum absolute atomic E-state index is 0.384. The monoisotopic (exact) mass is 387 g/mol. The van der Waals surface area contributed by atoms with Gasteiger partial charge in [-0.2, -0.15) is 5.10 Å². The van der Waals surface area contributed by atoms with E-state index >= 15 is 0 Å². The van der Waals surface area contributed by atoms with Crippen LogP contribution in [0.1, 0.15) is 27.3 Å². The Kier molecular flexibility index (Phi) is 4.99. The van der Waals surface area contributed by atoms with E-state index in [1.54, 1.807) is 6.07 Å². The second-order valence-corrected chi connectivity index (χ2v) is 6.80. The fourth-order valence-corrected chi connectivity index (χ4v) is 3.29. The molecule has 0 fully saturated rings. The summed E-state index contributed by atoms with van der Waals surface area (Å²) in [5.74, 6) is 1.18. The minimum atomic E-state index is -0.384. The normalized spacial score (nSPS) is 10.9. The molecule has 0 unspecified atom stereocenters. The number of esters is 1. The number of benzene rings is 2. The Bertz CT molecular complexity index is 1170. The predicted octanol–water partition coefficient (Wildman–Crippen LogP) is 4.68. The average molecular weight is 387 g/mol. The molecule has 0 aliphatic rings. The fraction of sp³-hybridized carbons (Fsp3) is 0.174. The quantitative estimate of drug-likeness (QED) is 0.465. The largest absolute Gasteiger partial charge is 0.465 e. The van der Waals surface area contributed by atoms with Crippen LogP contribution in [0.3, 0.4) is 0 Å². The zero-order chi connectivity index (χ0) is 20.4. The molecule has 0 bridgehead atoms. The summed E-state index contributed by atoms with van der Waals surface area (Å²) in [4.78, 5) is 16.7. The molecule has 6 heteroatoms. The Morgan fingerprint density at radius 1 is 1.00 bits per heavy atom. The van der Waals surface area contributed by atoms with Gasteiger partial charge in [-0.1, -0.05) is 30.3 Å². The molecule has 2 aromatic heterocycles. The molecule has 0 spiro atoms. The van der Waals surface area contributed by atoms with Crippen molar-refractivity contribution < 1.29 is 14.3 Å². The maximum atomic E-state index is 12.2. The molecule has 29 heavy (non-hydrogen) atoms. The van der Waals surface area contributed by atoms with Crippen molar-refractivity contribution in [1.29, 1.82) is 0 Å². The SMILES string of the molecule is COC(=O)c1cc(C)nc2nn(Cc3ccc(Oc4ccccc4)cc3)c(C)c12. The number of pyridine rings is 1. The fourth-order valence-electron chi connectivity index (χ4n) is 3.29. The van der Waals surface area contributed by atoms with Gasteiger partial charge in [0, 0.05) is 11.4 Å². The van der Waals surface area contributed by atoms with Crippen LogP contribution in [0.25, 0.3) is 11.0 Å². The summed E-state index contributed by atoms with van der Waals surface area (Å²) in [6.45, 7) is 4.34. The molecule has 0 radical (unpaired) electrons. The molecular formula is C23H21N3O3. The number of aromatic nitrogens is 3. The van der Waals surface area contributed by atoms with E-state index in [0.29, 0.717) is 17.8 Å². The Balaban J connectivity index is 1.61. The lowest BCUT2D eigenvalue weighted by Crippen LogP contribution is -2.05. The number of hydrogen-bond donors (Lipinski definition) is 0. The Hall–Kier alpha value is -3.67. The highest BCUT2D eigenvalue weighted by Gasteiger charge is 2.19. The predicted molar refractivity (Wildman–Crippen MR) is 110 cm³/mol. The van der Waals surface area contributed by atoms with Gasteiger partial charge in [0.05, 0.1) is 24.6 Å². The van der Waals surface area contributed by atoms with Crippen molar-refractivity contribution in [2.75, 3.05) is 7.11 Å². The molecule has 6 nitrogen and oxygen atoms in total. The zero-order valence-corrected chi connectivity index (χ0v) is 16.5. The van der Waals surface area contributed by atoms with Crippen molar-refractivity contribution in [3.8, 4) is 11.5 Å². The number of rotatable bonds is 5. The van der Waals surface area contributed by atoms with Gasteiger partial charge in [-0.15, -0.1) is 0 Å². The van der Waals surface area contributed by atoms with Crippen molar-refractivity contribution >= 4 is 17.0 Å². The second-order valence-electron chi connectivity index (χ2n) is 6.80. The maximum absolute atomic E-state index is 12.2. The van der Waals surface area contributed by atoms with Crippen molar-refractivity contribution in [3.05, 3.63) is 83.2 Å². The molecule has 2 heterocycles. The summed E-state index contributed by atoms with van der Waals surface area (Å²) in [6, 6.07) is 19.3. The molecule has 146 valence electrons. The molecule has 0 amide bonds. The van der Waals surface area contributed by atoms with Crippen LogP contribution in [0.4, 0.5) is 0 Å². The first-order chi connectivity index (χ1) is 14.0. The molecule has 0 atom stereocenters. The van der Waals surface area contributed by atoms with Gasteiger partial charge in [-0.3, -0.25) is 4.68 Å². The summed E-state index contributed by atoms with van der Waals surface area (Å²) < 4.78 is 12.6. The molecule has 4 rings (SSSR count). The van der Waals surface area contributed by atoms with E-state index in [1.165, 1.54) is 7.11 Å². The van der Waals surface area contributed by atoms with E-state index in [0.717, 1.165) is 33.8 Å². The Labute approximate surface area is 168 Å². The summed E-state index contributed by atoms with van der Waals surface area (Å²) >= 11 is 0. The number of carbonyl (C=O) groups is 1. The highest BCUT2D eigenvalue weighted by atomic mass is 16.5. The van der Waals surface area contributed by atoms with Gasteiger partial charge in [-0.05, 0) is 49.7 Å². The molecule has 0 aliphatic heterocycles. The molecule has 2 aromatic carbocycles. The molecule has 0 saturated carbocycles. The first kappa shape index (κ1) is 18.7. The third kappa shape index (κ3) is 3.82. The van der Waals surface area contributed by atoms with Crippen LogP contribution in [0.15, 0.2) is 60.7 Å². The lowest BCUT2D eigenvalue weighted by Gasteiger charge is -2.08. The van der Waals surface area contributed by atoms with Crippen LogP contribution < -0.4 is 4.74 Å². The van der Waals surface area contributed by atoms with Crippen LogP contribution >= 0.6 is 0 Å². The number of methoxy groups -OCH3 is 1. The summed E-state index contributed by atoms with van der Waals surface area (Å²) in [7, 11) is 1.38. The van der Waals surface area contributed by atoms with E-state index < -0.39 is 0 Å². The number of ether oxygens (including phenoxy) is 2. The number of fused-ring (bicyclic) bond motifs is 1. The van der Waals surface area contributed by atoms with Crippen molar-refractivity contribution in [1.82, 2.24) is 14.8 Å². The highest BCUT2D eigenvalue weighted by Crippen LogP contribution is 2.25. The average Bonchev–Trinajstić information content (AvgIpc) is 3.04. The third-order valence-electron chi connectivity index (χ3n) is 4.73. The summed E-state index contributed by atoms with van der Waals surface area (Å²) in [5.41, 5.74) is 3.71. The molecule has 4 aromatic rings. The summed E-state index contributed by atoms with van der Waals surface area (Å²) in [6.07, 6.45) is 0. The van der Waals surface area contributed by atoms with E-state index in [4.69, 9.17) is 9.47 Å². The number of carbonyl (C=O) groups excluding carboxylic acids is 1. The van der Waals surface area contributed by atoms with Gasteiger partial charge >= 0.3 is 5.97 Å². The lowest BCUT2D eigenvalue weighted by atomic mass is 10.1. The third-order valence-corrected chi connectivity index (χ3v) is 4.73. The van der Waals surface area contributed by atoms with Crippen LogP contribution in [0.2, 0.25) is 0 Å². The van der Waals surface area contributed by atoms with Crippen LogP contribution in [0.5, 0.6) is 11.5 Å². The summed E-state index contributed by atoms with van der Waals surface area (Å²) in [5, 5.41) is 5.33. The van der Waals surface area contributed by atoms with E-state index in [2.05, 4.69) is 10.1 Å². The molecule has 0 saturated heterocycles. The first-order valence-electron chi connectivity index (χ1n) is 9.30. The topological polar surface area (TPSA) is 66.2 Å². The maximum Gasteiger partial charge on any atom is 0.338 e. The standard InChI is InChI=1S/C23H21N3O3/c1-15-13-20(23(27)28-3)21-16(2)26(25-22(21)24-15)14-17-9-11-19(12-10-17)29-18-7-5-4-6-8-18/h4-13H,14H2,1-3H3. The molecular weight excluding hydrogens is 366 g/mol. The van der Waals surface area contributed by atoms with Crippen LogP contribution in [0, 0.1) is 13.8 Å².